The third kappa shape index (κ3) is 4.64. The van der Waals surface area contributed by atoms with Gasteiger partial charge < -0.3 is 15.3 Å². The van der Waals surface area contributed by atoms with Crippen LogP contribution in [-0.2, 0) is 0 Å². The van der Waals surface area contributed by atoms with Crippen molar-refractivity contribution in [3.63, 3.8) is 0 Å². The van der Waals surface area contributed by atoms with Crippen molar-refractivity contribution in [3.05, 3.63) is 97.1 Å². The van der Waals surface area contributed by atoms with Gasteiger partial charge in [0.2, 0.25) is 0 Å². The molecule has 9 nitrogen and oxygen atoms in total. The Labute approximate surface area is 227 Å². The van der Waals surface area contributed by atoms with Gasteiger partial charge in [-0.15, -0.1) is 0 Å². The molecule has 5 rings (SSSR count). The summed E-state index contributed by atoms with van der Waals surface area (Å²) in [7, 11) is 0. The van der Waals surface area contributed by atoms with E-state index in [-0.39, 0.29) is 28.0 Å². The third-order valence-corrected chi connectivity index (χ3v) is 7.13. The molecule has 4 aromatic rings. The van der Waals surface area contributed by atoms with Gasteiger partial charge in [0.25, 0.3) is 5.56 Å². The molecule has 3 aromatic heterocycles. The number of nitrogens with one attached hydrogen (secondary N) is 1. The second-order valence-electron chi connectivity index (χ2n) is 9.21. The van der Waals surface area contributed by atoms with Crippen LogP contribution in [0.3, 0.4) is 0 Å². The summed E-state index contributed by atoms with van der Waals surface area (Å²) in [6.45, 7) is 4.93. The Morgan fingerprint density at radius 2 is 1.89 bits per heavy atom. The van der Waals surface area contributed by atoms with Crippen LogP contribution in [0.15, 0.2) is 53.5 Å². The molecule has 0 bridgehead atoms. The zero-order valence-corrected chi connectivity index (χ0v) is 22.0. The molecule has 0 amide bonds. The maximum absolute atomic E-state index is 13.4. The van der Waals surface area contributed by atoms with Crippen molar-refractivity contribution in [2.75, 3.05) is 23.3 Å². The lowest BCUT2D eigenvalue weighted by Crippen LogP contribution is -2.46. The normalized spacial score (nSPS) is 14.1. The average Bonchev–Trinajstić information content (AvgIpc) is 2.87. The number of carboxylic acid groups (broad SMARTS) is 1. The number of nitriles is 1. The lowest BCUT2D eigenvalue weighted by molar-refractivity contribution is 0.0691. The number of nitrogens with zero attached hydrogens (tertiary/aromatic N) is 5. The first-order valence-electron chi connectivity index (χ1n) is 11.8. The predicted molar refractivity (Wildman–Crippen MR) is 146 cm³/mol. The molecule has 0 radical (unpaired) electrons. The molecule has 1 aromatic carbocycles. The Balaban J connectivity index is 1.49. The summed E-state index contributed by atoms with van der Waals surface area (Å²) < 4.78 is 1.42. The molecule has 11 heteroatoms. The van der Waals surface area contributed by atoms with Crippen LogP contribution in [0.25, 0.3) is 5.65 Å². The molecule has 1 atom stereocenters. The number of halogens is 2. The standard InChI is InChI=1S/C27H22Cl2N6O3/c1-14-24(34-11-18(12-34)17-5-3-16(10-30)4-6-17)33-25-20(9-19(28)13-35(25)26(14)36)15(2)31-21-7-8-22(29)32-23(21)27(37)38/h3-9,13,15,18,31H,11-12H2,1-2H3,(H,37,38)/t15-/m1/s1. The van der Waals surface area contributed by atoms with Crippen LogP contribution in [0, 0.1) is 18.3 Å². The molecular formula is C27H22Cl2N6O3. The van der Waals surface area contributed by atoms with Crippen LogP contribution < -0.4 is 15.8 Å². The van der Waals surface area contributed by atoms with Crippen molar-refractivity contribution in [2.45, 2.75) is 25.8 Å². The van der Waals surface area contributed by atoms with Crippen molar-refractivity contribution in [1.82, 2.24) is 14.4 Å². The Kier molecular flexibility index (Phi) is 6.69. The minimum Gasteiger partial charge on any atom is -0.476 e. The van der Waals surface area contributed by atoms with Gasteiger partial charge in [-0.2, -0.15) is 5.26 Å². The van der Waals surface area contributed by atoms with Crippen LogP contribution in [0.2, 0.25) is 10.2 Å². The largest absolute Gasteiger partial charge is 0.476 e. The molecular weight excluding hydrogens is 527 g/mol. The van der Waals surface area contributed by atoms with Gasteiger partial charge in [-0.25, -0.2) is 14.8 Å². The van der Waals surface area contributed by atoms with Gasteiger partial charge in [0, 0.05) is 30.8 Å². The quantitative estimate of drug-likeness (QED) is 0.320. The fraction of sp³-hybridized carbons (Fsp3) is 0.222. The number of carboxylic acids is 1. The van der Waals surface area contributed by atoms with E-state index in [0.29, 0.717) is 46.3 Å². The van der Waals surface area contributed by atoms with Gasteiger partial charge in [0.1, 0.15) is 16.6 Å². The molecule has 0 saturated carbocycles. The van der Waals surface area contributed by atoms with E-state index in [2.05, 4.69) is 21.3 Å². The zero-order valence-electron chi connectivity index (χ0n) is 20.4. The molecule has 1 aliphatic rings. The Hall–Kier alpha value is -4.13. The summed E-state index contributed by atoms with van der Waals surface area (Å²) in [5, 5.41) is 22.2. The first-order valence-corrected chi connectivity index (χ1v) is 12.6. The third-order valence-electron chi connectivity index (χ3n) is 6.71. The van der Waals surface area contributed by atoms with Crippen LogP contribution in [0.1, 0.15) is 51.6 Å². The Bertz CT molecular complexity index is 1670. The van der Waals surface area contributed by atoms with Crippen molar-refractivity contribution < 1.29 is 9.90 Å². The van der Waals surface area contributed by atoms with E-state index in [1.54, 1.807) is 31.2 Å². The van der Waals surface area contributed by atoms with Gasteiger partial charge in [0.05, 0.1) is 33.9 Å². The molecule has 0 aliphatic carbocycles. The van der Waals surface area contributed by atoms with Crippen molar-refractivity contribution in [1.29, 1.82) is 5.26 Å². The lowest BCUT2D eigenvalue weighted by Gasteiger charge is -2.41. The number of hydrogen-bond donors (Lipinski definition) is 2. The highest BCUT2D eigenvalue weighted by atomic mass is 35.5. The number of aromatic carboxylic acids is 1. The number of benzene rings is 1. The Morgan fingerprint density at radius 3 is 2.55 bits per heavy atom. The van der Waals surface area contributed by atoms with Crippen LogP contribution in [0.5, 0.6) is 0 Å². The lowest BCUT2D eigenvalue weighted by atomic mass is 9.90. The van der Waals surface area contributed by atoms with Gasteiger partial charge in [0.15, 0.2) is 5.69 Å². The van der Waals surface area contributed by atoms with E-state index in [0.717, 1.165) is 5.56 Å². The maximum atomic E-state index is 13.4. The topological polar surface area (TPSA) is 124 Å². The number of carbonyl (C=O) groups is 1. The Morgan fingerprint density at radius 1 is 1.18 bits per heavy atom. The van der Waals surface area contributed by atoms with Gasteiger partial charge in [-0.3, -0.25) is 9.20 Å². The molecule has 38 heavy (non-hydrogen) atoms. The van der Waals surface area contributed by atoms with Crippen LogP contribution in [-0.4, -0.2) is 38.5 Å². The molecule has 192 valence electrons. The molecule has 2 N–H and O–H groups in total. The molecule has 1 aliphatic heterocycles. The summed E-state index contributed by atoms with van der Waals surface area (Å²) in [4.78, 5) is 35.9. The van der Waals surface area contributed by atoms with Crippen molar-refractivity contribution in [3.8, 4) is 6.07 Å². The number of hydrogen-bond acceptors (Lipinski definition) is 7. The van der Waals surface area contributed by atoms with E-state index < -0.39 is 12.0 Å². The summed E-state index contributed by atoms with van der Waals surface area (Å²) in [5.41, 5.74) is 3.11. The molecule has 0 unspecified atom stereocenters. The highest BCUT2D eigenvalue weighted by molar-refractivity contribution is 6.30. The van der Waals surface area contributed by atoms with E-state index in [9.17, 15) is 14.7 Å². The molecule has 0 spiro atoms. The summed E-state index contributed by atoms with van der Waals surface area (Å²) >= 11 is 12.3. The molecule has 4 heterocycles. The van der Waals surface area contributed by atoms with Crippen molar-refractivity contribution >= 4 is 46.3 Å². The second-order valence-corrected chi connectivity index (χ2v) is 10.0. The van der Waals surface area contributed by atoms with Gasteiger partial charge in [-0.05, 0) is 49.7 Å². The highest BCUT2D eigenvalue weighted by Crippen LogP contribution is 2.33. The SMILES string of the molecule is Cc1c(N2CC(c3ccc(C#N)cc3)C2)nc2c([C@@H](C)Nc3ccc(Cl)nc3C(=O)O)cc(Cl)cn2c1=O. The molecule has 1 fully saturated rings. The zero-order chi connectivity index (χ0) is 27.1. The van der Waals surface area contributed by atoms with Crippen LogP contribution >= 0.6 is 23.2 Å². The van der Waals surface area contributed by atoms with E-state index >= 15 is 0 Å². The minimum atomic E-state index is -1.22. The summed E-state index contributed by atoms with van der Waals surface area (Å²) in [6, 6.07) is 13.9. The number of fused-ring (bicyclic) bond motifs is 1. The number of rotatable bonds is 6. The minimum absolute atomic E-state index is 0.0657. The number of pyridine rings is 2. The van der Waals surface area contributed by atoms with Crippen molar-refractivity contribution in [2.24, 2.45) is 0 Å². The number of anilines is 2. The maximum Gasteiger partial charge on any atom is 0.356 e. The summed E-state index contributed by atoms with van der Waals surface area (Å²) in [6.07, 6.45) is 1.53. The van der Waals surface area contributed by atoms with Crippen LogP contribution in [0.4, 0.5) is 11.5 Å². The first kappa shape index (κ1) is 25.5. The second kappa shape index (κ2) is 9.97. The average molecular weight is 549 g/mol. The van der Waals surface area contributed by atoms with E-state index in [1.165, 1.54) is 16.7 Å². The fourth-order valence-corrected chi connectivity index (χ4v) is 5.01. The highest BCUT2D eigenvalue weighted by Gasteiger charge is 2.31. The predicted octanol–water partition coefficient (Wildman–Crippen LogP) is 5.05. The number of aromatic nitrogens is 3. The van der Waals surface area contributed by atoms with E-state index in [4.69, 9.17) is 33.4 Å². The molecule has 1 saturated heterocycles. The summed E-state index contributed by atoms with van der Waals surface area (Å²) in [5.74, 6) is -0.366. The fourth-order valence-electron chi connectivity index (χ4n) is 4.65. The van der Waals surface area contributed by atoms with Gasteiger partial charge >= 0.3 is 5.97 Å². The monoisotopic (exact) mass is 548 g/mol. The van der Waals surface area contributed by atoms with E-state index in [1.807, 2.05) is 19.1 Å². The smallest absolute Gasteiger partial charge is 0.356 e. The van der Waals surface area contributed by atoms with Gasteiger partial charge in [-0.1, -0.05) is 35.3 Å². The first-order chi connectivity index (χ1) is 18.2.